The average Bonchev–Trinajstić information content (AvgIpc) is 3.29. The molecule has 6 aromatic carbocycles. The molecule has 0 aliphatic rings. The van der Waals surface area contributed by atoms with Gasteiger partial charge < -0.3 is 21.3 Å². The van der Waals surface area contributed by atoms with Crippen LogP contribution in [0.25, 0.3) is 32.3 Å². The maximum absolute atomic E-state index is 14.9. The summed E-state index contributed by atoms with van der Waals surface area (Å²) < 4.78 is 87.8. The van der Waals surface area contributed by atoms with Crippen LogP contribution in [0.5, 0.6) is 0 Å². The molecule has 0 spiro atoms. The summed E-state index contributed by atoms with van der Waals surface area (Å²) in [6.07, 6.45) is 1.94. The first-order valence-corrected chi connectivity index (χ1v) is 26.0. The molecule has 0 aromatic heterocycles. The molecule has 0 atom stereocenters. The fraction of sp³-hybridized carbons (Fsp3) is 0.234. The first-order chi connectivity index (χ1) is 31.5. The molecule has 352 valence electrons. The number of anilines is 2. The first-order valence-electron chi connectivity index (χ1n) is 20.8. The zero-order chi connectivity index (χ0) is 49.2. The highest BCUT2D eigenvalue weighted by atomic mass is 32.2. The molecule has 16 nitrogen and oxygen atoms in total. The van der Waals surface area contributed by atoms with Gasteiger partial charge in [-0.25, -0.2) is 25.3 Å². The molecule has 4 amide bonds. The van der Waals surface area contributed by atoms with Gasteiger partial charge in [0, 0.05) is 95.2 Å². The van der Waals surface area contributed by atoms with Crippen molar-refractivity contribution in [3.8, 4) is 0 Å². The number of thiol groups is 1. The van der Waals surface area contributed by atoms with Crippen molar-refractivity contribution in [1.82, 2.24) is 21.3 Å². The summed E-state index contributed by atoms with van der Waals surface area (Å²) in [7, 11) is -10.6. The number of nitrogens with zero attached hydrogens (tertiary/aromatic N) is 2. The maximum atomic E-state index is 14.9. The summed E-state index contributed by atoms with van der Waals surface area (Å²) in [4.78, 5) is 48.7. The van der Waals surface area contributed by atoms with Crippen molar-refractivity contribution < 1.29 is 44.4 Å². The Hall–Kier alpha value is -6.48. The van der Waals surface area contributed by atoms with Crippen LogP contribution in [0, 0.1) is 0 Å². The van der Waals surface area contributed by atoms with E-state index in [9.17, 15) is 44.4 Å². The van der Waals surface area contributed by atoms with Gasteiger partial charge in [0.25, 0.3) is 31.9 Å². The van der Waals surface area contributed by atoms with Crippen LogP contribution in [0.1, 0.15) is 47.4 Å². The fourth-order valence-electron chi connectivity index (χ4n) is 7.32. The second-order valence-corrected chi connectivity index (χ2v) is 22.3. The molecule has 0 radical (unpaired) electrons. The molecule has 20 heteroatoms. The zero-order valence-electron chi connectivity index (χ0n) is 37.4. The van der Waals surface area contributed by atoms with Crippen LogP contribution in [0.4, 0.5) is 11.4 Å². The fourth-order valence-corrected chi connectivity index (χ4v) is 11.5. The summed E-state index contributed by atoms with van der Waals surface area (Å²) in [5.41, 5.74) is 1.48. The van der Waals surface area contributed by atoms with Gasteiger partial charge in [0.15, 0.2) is 9.84 Å². The number of carbonyl (C=O) groups is 4. The molecule has 4 N–H and O–H groups in total. The van der Waals surface area contributed by atoms with E-state index >= 15 is 0 Å². The van der Waals surface area contributed by atoms with Gasteiger partial charge in [-0.2, -0.15) is 0 Å². The highest BCUT2D eigenvalue weighted by Crippen LogP contribution is 2.45. The molecule has 0 aliphatic carbocycles. The minimum Gasteiger partial charge on any atom is -0.352 e. The van der Waals surface area contributed by atoms with Crippen LogP contribution in [0.3, 0.4) is 0 Å². The van der Waals surface area contributed by atoms with Crippen LogP contribution in [0.15, 0.2) is 129 Å². The smallest absolute Gasteiger partial charge is 0.264 e. The second kappa shape index (κ2) is 19.8. The van der Waals surface area contributed by atoms with Crippen LogP contribution in [-0.2, 0) is 39.5 Å². The molecular formula is C47H50N6O10S4. The van der Waals surface area contributed by atoms with E-state index in [0.29, 0.717) is 47.8 Å². The van der Waals surface area contributed by atoms with Crippen molar-refractivity contribution in [3.05, 3.63) is 120 Å². The van der Waals surface area contributed by atoms with Crippen molar-refractivity contribution in [2.75, 3.05) is 55.1 Å². The Morgan fingerprint density at radius 3 is 1.24 bits per heavy atom. The highest BCUT2D eigenvalue weighted by molar-refractivity contribution is 7.94. The molecular weight excluding hydrogens is 937 g/mol. The Bertz CT molecular complexity index is 3170. The van der Waals surface area contributed by atoms with Crippen molar-refractivity contribution in [1.29, 1.82) is 0 Å². The molecule has 0 fully saturated rings. The van der Waals surface area contributed by atoms with E-state index in [1.54, 1.807) is 19.9 Å². The number of sulfonamides is 2. The van der Waals surface area contributed by atoms with Gasteiger partial charge in [-0.05, 0) is 98.1 Å². The summed E-state index contributed by atoms with van der Waals surface area (Å²) in [5.74, 6) is -1.43. The lowest BCUT2D eigenvalue weighted by molar-refractivity contribution is -0.118. The molecule has 0 bridgehead atoms. The SMILES string of the molecule is C=C(C)C(=O)NCCCNC(=O)c1ccc(N(C)S(=O)(=O)c2cc(S(=O)(=O)N(C)c3ccc(C(=O)NCCCNC(=O)C(=C)C)cc3)c3ccc4c(S(C)(=O)=O)cc(S)c5ccc2c3c54)cc1. The van der Waals surface area contributed by atoms with E-state index in [1.807, 2.05) is 0 Å². The number of nitrogens with one attached hydrogen (secondary N) is 4. The van der Waals surface area contributed by atoms with Gasteiger partial charge in [0.05, 0.1) is 26.1 Å². The molecule has 0 saturated carbocycles. The third kappa shape index (κ3) is 10.4. The molecule has 67 heavy (non-hydrogen) atoms. The van der Waals surface area contributed by atoms with Crippen LogP contribution in [-0.4, -0.2) is 95.4 Å². The van der Waals surface area contributed by atoms with Crippen LogP contribution < -0.4 is 29.9 Å². The maximum Gasteiger partial charge on any atom is 0.264 e. The zero-order valence-corrected chi connectivity index (χ0v) is 40.7. The average molecular weight is 987 g/mol. The monoisotopic (exact) mass is 986 g/mol. The normalized spacial score (nSPS) is 11.9. The molecule has 6 rings (SSSR count). The van der Waals surface area contributed by atoms with Crippen molar-refractivity contribution >= 4 is 110 Å². The van der Waals surface area contributed by atoms with Crippen molar-refractivity contribution in [2.45, 2.75) is 46.3 Å². The molecule has 6 aromatic rings. The Kier molecular flexibility index (Phi) is 14.7. The highest BCUT2D eigenvalue weighted by Gasteiger charge is 2.33. The largest absolute Gasteiger partial charge is 0.352 e. The summed E-state index contributed by atoms with van der Waals surface area (Å²) >= 11 is 4.60. The first kappa shape index (κ1) is 49.9. The van der Waals surface area contributed by atoms with Crippen molar-refractivity contribution in [2.24, 2.45) is 0 Å². The summed E-state index contributed by atoms with van der Waals surface area (Å²) in [6, 6.07) is 20.1. The van der Waals surface area contributed by atoms with Gasteiger partial charge >= 0.3 is 0 Å². The van der Waals surface area contributed by atoms with E-state index in [0.717, 1.165) is 20.9 Å². The Labute approximate surface area is 395 Å². The van der Waals surface area contributed by atoms with E-state index in [1.165, 1.54) is 86.9 Å². The molecule has 0 heterocycles. The van der Waals surface area contributed by atoms with Crippen molar-refractivity contribution in [3.63, 3.8) is 0 Å². The van der Waals surface area contributed by atoms with E-state index < -0.39 is 51.5 Å². The Balaban J connectivity index is 1.37. The third-order valence-electron chi connectivity index (χ3n) is 11.1. The van der Waals surface area contributed by atoms with Crippen LogP contribution in [0.2, 0.25) is 0 Å². The lowest BCUT2D eigenvalue weighted by Gasteiger charge is -2.25. The van der Waals surface area contributed by atoms with Gasteiger partial charge in [-0.15, -0.1) is 12.6 Å². The topological polar surface area (TPSA) is 225 Å². The predicted octanol–water partition coefficient (Wildman–Crippen LogP) is 5.55. The number of rotatable bonds is 19. The number of hydrogen-bond acceptors (Lipinski definition) is 11. The predicted molar refractivity (Wildman–Crippen MR) is 264 cm³/mol. The molecule has 0 saturated heterocycles. The number of carbonyl (C=O) groups excluding carboxylic acids is 4. The van der Waals surface area contributed by atoms with E-state index in [-0.39, 0.29) is 78.7 Å². The van der Waals surface area contributed by atoms with Crippen LogP contribution >= 0.6 is 12.6 Å². The number of hydrogen-bond donors (Lipinski definition) is 5. The minimum absolute atomic E-state index is 0.0800. The number of benzene rings is 6. The molecule has 0 unspecified atom stereocenters. The minimum atomic E-state index is -4.64. The number of sulfone groups is 1. The van der Waals surface area contributed by atoms with Gasteiger partial charge in [0.1, 0.15) is 0 Å². The second-order valence-electron chi connectivity index (χ2n) is 15.9. The lowest BCUT2D eigenvalue weighted by atomic mass is 9.94. The number of amides is 4. The van der Waals surface area contributed by atoms with Gasteiger partial charge in [-0.3, -0.25) is 27.8 Å². The standard InChI is InChI=1S/C47H50N6O10S4/c1-28(2)44(54)48-22-8-24-50-46(56)30-10-14-32(15-11-30)52(5)66(60,61)40-27-41(37-21-20-35-39(65(7,58)59)26-38(64)34-18-19-36(40)43(37)42(34)35)67(62,63)53(6)33-16-12-31(13-17-33)47(57)51-25-9-23-49-45(55)29(3)4/h10-21,26-27,64H,1,3,8-9,22-25H2,2,4-7H3,(H,48,54)(H,49,55)(H,50,56)(H,51,57). The third-order valence-corrected chi connectivity index (χ3v) is 16.2. The van der Waals surface area contributed by atoms with Gasteiger partial charge in [-0.1, -0.05) is 37.4 Å². The van der Waals surface area contributed by atoms with E-state index in [2.05, 4.69) is 47.1 Å². The van der Waals surface area contributed by atoms with E-state index in [4.69, 9.17) is 0 Å². The summed E-state index contributed by atoms with van der Waals surface area (Å²) in [6.45, 7) is 11.5. The quantitative estimate of drug-likeness (QED) is 0.0294. The lowest BCUT2D eigenvalue weighted by Crippen LogP contribution is -2.30. The Morgan fingerprint density at radius 1 is 0.522 bits per heavy atom. The van der Waals surface area contributed by atoms with Gasteiger partial charge in [0.2, 0.25) is 11.8 Å². The summed E-state index contributed by atoms with van der Waals surface area (Å²) in [5, 5.41) is 12.3. The molecule has 0 aliphatic heterocycles. The Morgan fingerprint density at radius 2 is 0.866 bits per heavy atom.